The second-order valence-corrected chi connectivity index (χ2v) is 7.01. The third kappa shape index (κ3) is 3.63. The Hall–Kier alpha value is -3.05. The molecule has 2 aromatic heterocycles. The molecule has 0 spiro atoms. The number of furan rings is 1. The molecular weight excluding hydrogens is 350 g/mol. The molecule has 1 amide bonds. The Morgan fingerprint density at radius 2 is 2.19 bits per heavy atom. The van der Waals surface area contributed by atoms with Gasteiger partial charge in [-0.25, -0.2) is 0 Å². The van der Waals surface area contributed by atoms with Gasteiger partial charge < -0.3 is 14.3 Å². The molecule has 7 nitrogen and oxygen atoms in total. The van der Waals surface area contributed by atoms with E-state index in [2.05, 4.69) is 21.6 Å². The van der Waals surface area contributed by atoms with Crippen LogP contribution in [0.15, 0.2) is 46.2 Å². The summed E-state index contributed by atoms with van der Waals surface area (Å²) in [6, 6.07) is 10.7. The second kappa shape index (κ2) is 7.45. The fraction of sp³-hybridized carbons (Fsp3) is 0.222. The summed E-state index contributed by atoms with van der Waals surface area (Å²) in [6.45, 7) is 3.66. The fourth-order valence-electron chi connectivity index (χ4n) is 2.39. The lowest BCUT2D eigenvalue weighted by molar-refractivity contribution is -0.115. The summed E-state index contributed by atoms with van der Waals surface area (Å²) >= 11 is 1.31. The van der Waals surface area contributed by atoms with E-state index in [-0.39, 0.29) is 11.2 Å². The van der Waals surface area contributed by atoms with Crippen LogP contribution in [0.3, 0.4) is 0 Å². The highest BCUT2D eigenvalue weighted by Gasteiger charge is 2.20. The molecule has 26 heavy (non-hydrogen) atoms. The zero-order valence-corrected chi connectivity index (χ0v) is 15.4. The van der Waals surface area contributed by atoms with Gasteiger partial charge in [0.2, 0.25) is 5.91 Å². The largest absolute Gasteiger partial charge is 0.469 e. The van der Waals surface area contributed by atoms with Crippen molar-refractivity contribution in [1.29, 1.82) is 5.26 Å². The van der Waals surface area contributed by atoms with Crippen molar-refractivity contribution in [1.82, 2.24) is 14.8 Å². The van der Waals surface area contributed by atoms with E-state index in [0.717, 1.165) is 11.3 Å². The smallest absolute Gasteiger partial charge is 0.237 e. The van der Waals surface area contributed by atoms with Crippen molar-refractivity contribution in [2.75, 3.05) is 5.32 Å². The number of nitriles is 1. The molecule has 1 aromatic carbocycles. The molecule has 0 bridgehead atoms. The molecule has 132 valence electrons. The highest BCUT2D eigenvalue weighted by Crippen LogP contribution is 2.28. The van der Waals surface area contributed by atoms with E-state index in [1.54, 1.807) is 37.5 Å². The van der Waals surface area contributed by atoms with Crippen LogP contribution in [0.2, 0.25) is 0 Å². The Labute approximate surface area is 155 Å². The van der Waals surface area contributed by atoms with E-state index in [9.17, 15) is 4.79 Å². The van der Waals surface area contributed by atoms with Crippen LogP contribution in [0.25, 0.3) is 11.4 Å². The minimum atomic E-state index is -0.387. The van der Waals surface area contributed by atoms with Crippen LogP contribution >= 0.6 is 11.8 Å². The Morgan fingerprint density at radius 1 is 1.38 bits per heavy atom. The minimum Gasteiger partial charge on any atom is -0.469 e. The first-order valence-electron chi connectivity index (χ1n) is 7.91. The van der Waals surface area contributed by atoms with Gasteiger partial charge in [-0.3, -0.25) is 4.79 Å². The van der Waals surface area contributed by atoms with Crippen molar-refractivity contribution in [3.63, 3.8) is 0 Å². The van der Waals surface area contributed by atoms with Gasteiger partial charge in [0.1, 0.15) is 5.76 Å². The van der Waals surface area contributed by atoms with Crippen LogP contribution in [-0.4, -0.2) is 25.9 Å². The Bertz CT molecular complexity index is 986. The number of rotatable bonds is 5. The number of nitrogens with one attached hydrogen (secondary N) is 1. The van der Waals surface area contributed by atoms with Gasteiger partial charge in [0.15, 0.2) is 11.0 Å². The molecular formula is C18H17N5O2S. The van der Waals surface area contributed by atoms with Gasteiger partial charge in [-0.05, 0) is 38.1 Å². The van der Waals surface area contributed by atoms with Gasteiger partial charge in [0.25, 0.3) is 0 Å². The number of amides is 1. The average Bonchev–Trinajstić information content (AvgIpc) is 3.21. The Balaban J connectivity index is 1.71. The van der Waals surface area contributed by atoms with Gasteiger partial charge in [-0.2, -0.15) is 5.26 Å². The number of hydrogen-bond acceptors (Lipinski definition) is 6. The summed E-state index contributed by atoms with van der Waals surface area (Å²) in [4.78, 5) is 12.4. The van der Waals surface area contributed by atoms with E-state index in [1.807, 2.05) is 24.6 Å². The predicted molar refractivity (Wildman–Crippen MR) is 98.5 cm³/mol. The highest BCUT2D eigenvalue weighted by atomic mass is 32.2. The second-order valence-electron chi connectivity index (χ2n) is 5.70. The third-order valence-corrected chi connectivity index (χ3v) is 4.98. The van der Waals surface area contributed by atoms with Crippen LogP contribution < -0.4 is 5.32 Å². The Kier molecular flexibility index (Phi) is 5.09. The summed E-state index contributed by atoms with van der Waals surface area (Å²) in [7, 11) is 1.85. The summed E-state index contributed by atoms with van der Waals surface area (Å²) in [5, 5.41) is 20.4. The molecule has 0 saturated heterocycles. The van der Waals surface area contributed by atoms with Crippen molar-refractivity contribution in [3.05, 3.63) is 47.9 Å². The van der Waals surface area contributed by atoms with Crippen LogP contribution in [0, 0.1) is 18.3 Å². The first kappa shape index (κ1) is 17.8. The SMILES string of the molecule is Cc1occc1-c1nnc(S[C@@H](C)C(=O)Nc2cccc(C#N)c2)n1C. The Morgan fingerprint density at radius 3 is 2.88 bits per heavy atom. The van der Waals surface area contributed by atoms with Crippen LogP contribution in [0.5, 0.6) is 0 Å². The lowest BCUT2D eigenvalue weighted by atomic mass is 10.2. The van der Waals surface area contributed by atoms with Gasteiger partial charge in [-0.1, -0.05) is 17.8 Å². The van der Waals surface area contributed by atoms with Crippen molar-refractivity contribution in [2.24, 2.45) is 7.05 Å². The topological polar surface area (TPSA) is 96.7 Å². The zero-order valence-electron chi connectivity index (χ0n) is 14.6. The van der Waals surface area contributed by atoms with Crippen molar-refractivity contribution in [2.45, 2.75) is 24.3 Å². The van der Waals surface area contributed by atoms with Gasteiger partial charge in [0, 0.05) is 12.7 Å². The highest BCUT2D eigenvalue weighted by molar-refractivity contribution is 8.00. The lowest BCUT2D eigenvalue weighted by Crippen LogP contribution is -2.22. The average molecular weight is 367 g/mol. The normalized spacial score (nSPS) is 11.8. The molecule has 1 N–H and O–H groups in total. The first-order valence-corrected chi connectivity index (χ1v) is 8.79. The van der Waals surface area contributed by atoms with Crippen LogP contribution in [0.4, 0.5) is 5.69 Å². The van der Waals surface area contributed by atoms with E-state index in [0.29, 0.717) is 22.2 Å². The van der Waals surface area contributed by atoms with Gasteiger partial charge in [0.05, 0.1) is 28.7 Å². The monoisotopic (exact) mass is 367 g/mol. The molecule has 0 aliphatic rings. The van der Waals surface area contributed by atoms with Crippen LogP contribution in [-0.2, 0) is 11.8 Å². The van der Waals surface area contributed by atoms with Crippen molar-refractivity contribution in [3.8, 4) is 17.5 Å². The molecule has 3 aromatic rings. The lowest BCUT2D eigenvalue weighted by Gasteiger charge is -2.11. The number of benzene rings is 1. The van der Waals surface area contributed by atoms with E-state index < -0.39 is 0 Å². The predicted octanol–water partition coefficient (Wildman–Crippen LogP) is 3.37. The third-order valence-electron chi connectivity index (χ3n) is 3.85. The maximum atomic E-state index is 12.4. The maximum absolute atomic E-state index is 12.4. The van der Waals surface area contributed by atoms with Crippen molar-refractivity contribution < 1.29 is 9.21 Å². The fourth-order valence-corrected chi connectivity index (χ4v) is 3.21. The first-order chi connectivity index (χ1) is 12.5. The number of aryl methyl sites for hydroxylation is 1. The molecule has 3 rings (SSSR count). The summed E-state index contributed by atoms with van der Waals surface area (Å²) in [5.41, 5.74) is 1.96. The summed E-state index contributed by atoms with van der Waals surface area (Å²) < 4.78 is 7.15. The summed E-state index contributed by atoms with van der Waals surface area (Å²) in [5.74, 6) is 1.28. The number of carbonyl (C=O) groups excluding carboxylic acids is 1. The van der Waals surface area contributed by atoms with E-state index >= 15 is 0 Å². The standard InChI is InChI=1S/C18H17N5O2S/c1-11-15(7-8-25-11)16-21-22-18(23(16)3)26-12(2)17(24)20-14-6-4-5-13(9-14)10-19/h4-9,12H,1-3H3,(H,20,24)/t12-/m0/s1. The molecule has 0 aliphatic heterocycles. The summed E-state index contributed by atoms with van der Waals surface area (Å²) in [6.07, 6.45) is 1.61. The minimum absolute atomic E-state index is 0.172. The number of thioether (sulfide) groups is 1. The zero-order chi connectivity index (χ0) is 18.7. The molecule has 0 unspecified atom stereocenters. The van der Waals surface area contributed by atoms with Crippen molar-refractivity contribution >= 4 is 23.4 Å². The number of anilines is 1. The van der Waals surface area contributed by atoms with Crippen LogP contribution in [0.1, 0.15) is 18.2 Å². The number of nitrogens with zero attached hydrogens (tertiary/aromatic N) is 4. The maximum Gasteiger partial charge on any atom is 0.237 e. The molecule has 2 heterocycles. The van der Waals surface area contributed by atoms with Gasteiger partial charge >= 0.3 is 0 Å². The molecule has 0 saturated carbocycles. The molecule has 0 aliphatic carbocycles. The number of carbonyl (C=O) groups is 1. The molecule has 8 heteroatoms. The quantitative estimate of drug-likeness (QED) is 0.695. The number of aromatic nitrogens is 3. The molecule has 0 fully saturated rings. The molecule has 1 atom stereocenters. The van der Waals surface area contributed by atoms with Gasteiger partial charge in [-0.15, -0.1) is 10.2 Å². The molecule has 0 radical (unpaired) electrons. The number of hydrogen-bond donors (Lipinski definition) is 1. The van der Waals surface area contributed by atoms with E-state index in [4.69, 9.17) is 9.68 Å². The van der Waals surface area contributed by atoms with E-state index in [1.165, 1.54) is 11.8 Å².